The minimum atomic E-state index is -0.147. The van der Waals surface area contributed by atoms with Crippen molar-refractivity contribution in [3.63, 3.8) is 0 Å². The van der Waals surface area contributed by atoms with Gasteiger partial charge in [-0.15, -0.1) is 11.3 Å². The Labute approximate surface area is 141 Å². The molecule has 5 heteroatoms. The van der Waals surface area contributed by atoms with E-state index >= 15 is 0 Å². The second-order valence-corrected chi connectivity index (χ2v) is 6.54. The van der Waals surface area contributed by atoms with Gasteiger partial charge in [-0.3, -0.25) is 4.79 Å². The highest BCUT2D eigenvalue weighted by atomic mass is 79.9. The fourth-order valence-electron chi connectivity index (χ4n) is 2.11. The number of rotatable bonds is 3. The summed E-state index contributed by atoms with van der Waals surface area (Å²) in [5.41, 5.74) is 5.24. The van der Waals surface area contributed by atoms with Gasteiger partial charge in [0.2, 0.25) is 0 Å². The predicted molar refractivity (Wildman–Crippen MR) is 94.4 cm³/mol. The van der Waals surface area contributed by atoms with Gasteiger partial charge in [0.05, 0.1) is 16.9 Å². The second kappa shape index (κ2) is 6.42. The van der Waals surface area contributed by atoms with Gasteiger partial charge in [0.15, 0.2) is 0 Å². The van der Waals surface area contributed by atoms with Crippen LogP contribution in [0.4, 0.5) is 5.69 Å². The molecule has 0 aliphatic rings. The lowest BCUT2D eigenvalue weighted by atomic mass is 10.1. The van der Waals surface area contributed by atoms with Gasteiger partial charge in [-0.25, -0.2) is 4.98 Å². The first-order valence-corrected chi connectivity index (χ1v) is 8.39. The highest BCUT2D eigenvalue weighted by Gasteiger charge is 2.17. The minimum absolute atomic E-state index is 0.147. The molecule has 110 valence electrons. The van der Waals surface area contributed by atoms with E-state index in [1.165, 1.54) is 11.3 Å². The fraction of sp³-hybridized carbons (Fsp3) is 0.0588. The van der Waals surface area contributed by atoms with Crippen LogP contribution in [0.5, 0.6) is 0 Å². The lowest BCUT2D eigenvalue weighted by Crippen LogP contribution is -2.12. The molecule has 3 nitrogen and oxygen atoms in total. The molecule has 1 aromatic heterocycles. The zero-order valence-electron chi connectivity index (χ0n) is 11.8. The maximum atomic E-state index is 12.5. The largest absolute Gasteiger partial charge is 0.320 e. The molecule has 1 N–H and O–H groups in total. The lowest BCUT2D eigenvalue weighted by Gasteiger charge is -2.08. The number of anilines is 1. The first-order chi connectivity index (χ1) is 10.6. The van der Waals surface area contributed by atoms with E-state index in [2.05, 4.69) is 26.2 Å². The molecule has 0 radical (unpaired) electrons. The Morgan fingerprint density at radius 2 is 1.95 bits per heavy atom. The quantitative estimate of drug-likeness (QED) is 0.691. The normalized spacial score (nSPS) is 10.5. The monoisotopic (exact) mass is 372 g/mol. The van der Waals surface area contributed by atoms with Crippen LogP contribution < -0.4 is 5.32 Å². The number of hydrogen-bond acceptors (Lipinski definition) is 3. The van der Waals surface area contributed by atoms with Gasteiger partial charge in [0, 0.05) is 10.0 Å². The molecule has 1 amide bonds. The van der Waals surface area contributed by atoms with Crippen LogP contribution in [0.1, 0.15) is 15.2 Å². The second-order valence-electron chi connectivity index (χ2n) is 4.83. The summed E-state index contributed by atoms with van der Waals surface area (Å²) in [6, 6.07) is 15.5. The topological polar surface area (TPSA) is 42.0 Å². The first kappa shape index (κ1) is 14.9. The van der Waals surface area contributed by atoms with Gasteiger partial charge in [0.25, 0.3) is 5.91 Å². The average molecular weight is 373 g/mol. The summed E-state index contributed by atoms with van der Waals surface area (Å²) < 4.78 is 0.867. The van der Waals surface area contributed by atoms with Crippen LogP contribution in [-0.4, -0.2) is 10.9 Å². The minimum Gasteiger partial charge on any atom is -0.320 e. The van der Waals surface area contributed by atoms with Crippen molar-refractivity contribution >= 4 is 38.9 Å². The van der Waals surface area contributed by atoms with E-state index in [1.807, 2.05) is 55.5 Å². The smallest absolute Gasteiger partial charge is 0.268 e. The Balaban J connectivity index is 1.89. The molecule has 0 spiro atoms. The Kier molecular flexibility index (Phi) is 4.36. The number of halogens is 1. The lowest BCUT2D eigenvalue weighted by molar-refractivity contribution is 0.103. The summed E-state index contributed by atoms with van der Waals surface area (Å²) in [4.78, 5) is 17.5. The molecule has 0 saturated heterocycles. The third kappa shape index (κ3) is 3.10. The number of carbonyl (C=O) groups excluding carboxylic acids is 1. The van der Waals surface area contributed by atoms with Gasteiger partial charge in [-0.2, -0.15) is 0 Å². The van der Waals surface area contributed by atoms with E-state index in [-0.39, 0.29) is 5.91 Å². The van der Waals surface area contributed by atoms with Crippen LogP contribution in [0.25, 0.3) is 11.3 Å². The summed E-state index contributed by atoms with van der Waals surface area (Å²) in [5.74, 6) is -0.147. The van der Waals surface area contributed by atoms with Crippen molar-refractivity contribution in [1.82, 2.24) is 4.98 Å². The number of thiazole rings is 1. The van der Waals surface area contributed by atoms with Crippen molar-refractivity contribution in [1.29, 1.82) is 0 Å². The number of benzene rings is 2. The Bertz CT molecular complexity index is 815. The fourth-order valence-corrected chi connectivity index (χ4v) is 3.41. The summed E-state index contributed by atoms with van der Waals surface area (Å²) in [7, 11) is 0. The van der Waals surface area contributed by atoms with Gasteiger partial charge in [-0.1, -0.05) is 36.4 Å². The van der Waals surface area contributed by atoms with Gasteiger partial charge < -0.3 is 5.32 Å². The summed E-state index contributed by atoms with van der Waals surface area (Å²) >= 11 is 4.82. The molecule has 1 heterocycles. The third-order valence-corrected chi connectivity index (χ3v) is 4.68. The van der Waals surface area contributed by atoms with Crippen LogP contribution in [0.2, 0.25) is 0 Å². The highest BCUT2D eigenvalue weighted by Crippen LogP contribution is 2.28. The zero-order chi connectivity index (χ0) is 15.5. The highest BCUT2D eigenvalue weighted by molar-refractivity contribution is 9.10. The number of aryl methyl sites for hydroxylation is 1. The van der Waals surface area contributed by atoms with Crippen molar-refractivity contribution in [3.8, 4) is 11.3 Å². The number of carbonyl (C=O) groups is 1. The maximum Gasteiger partial charge on any atom is 0.268 e. The van der Waals surface area contributed by atoms with Crippen molar-refractivity contribution in [2.24, 2.45) is 0 Å². The summed E-state index contributed by atoms with van der Waals surface area (Å²) in [5, 5.41) is 2.93. The SMILES string of the molecule is Cc1ccc(NC(=O)c2scnc2-c2ccccc2)c(Br)c1. The Hall–Kier alpha value is -1.98. The van der Waals surface area contributed by atoms with Gasteiger partial charge in [0.1, 0.15) is 4.88 Å². The van der Waals surface area contributed by atoms with Crippen molar-refractivity contribution < 1.29 is 4.79 Å². The Morgan fingerprint density at radius 1 is 1.18 bits per heavy atom. The van der Waals surface area contributed by atoms with E-state index in [4.69, 9.17) is 0 Å². The summed E-state index contributed by atoms with van der Waals surface area (Å²) in [6.45, 7) is 2.01. The van der Waals surface area contributed by atoms with E-state index < -0.39 is 0 Å². The molecular formula is C17H13BrN2OS. The molecule has 0 saturated carbocycles. The standard InChI is InChI=1S/C17H13BrN2OS/c1-11-7-8-14(13(18)9-11)20-17(21)16-15(19-10-22-16)12-5-3-2-4-6-12/h2-10H,1H3,(H,20,21). The molecule has 0 bridgehead atoms. The number of amides is 1. The van der Waals surface area contributed by atoms with Gasteiger partial charge >= 0.3 is 0 Å². The zero-order valence-corrected chi connectivity index (χ0v) is 14.2. The van der Waals surface area contributed by atoms with Crippen LogP contribution in [0.15, 0.2) is 58.5 Å². The van der Waals surface area contributed by atoms with Crippen LogP contribution in [-0.2, 0) is 0 Å². The van der Waals surface area contributed by atoms with Gasteiger partial charge in [-0.05, 0) is 40.5 Å². The maximum absolute atomic E-state index is 12.5. The molecule has 0 aliphatic heterocycles. The van der Waals surface area contributed by atoms with Crippen LogP contribution in [0.3, 0.4) is 0 Å². The molecule has 2 aromatic carbocycles. The summed E-state index contributed by atoms with van der Waals surface area (Å²) in [6.07, 6.45) is 0. The van der Waals surface area contributed by atoms with Crippen molar-refractivity contribution in [2.45, 2.75) is 6.92 Å². The molecule has 0 aliphatic carbocycles. The number of nitrogens with zero attached hydrogens (tertiary/aromatic N) is 1. The first-order valence-electron chi connectivity index (χ1n) is 6.71. The number of aromatic nitrogens is 1. The molecule has 22 heavy (non-hydrogen) atoms. The van der Waals surface area contributed by atoms with E-state index in [0.717, 1.165) is 21.3 Å². The van der Waals surface area contributed by atoms with E-state index in [1.54, 1.807) is 5.51 Å². The molecule has 3 rings (SSSR count). The average Bonchev–Trinajstić information content (AvgIpc) is 3.00. The van der Waals surface area contributed by atoms with E-state index in [9.17, 15) is 4.79 Å². The third-order valence-electron chi connectivity index (χ3n) is 3.19. The number of nitrogens with one attached hydrogen (secondary N) is 1. The molecule has 0 fully saturated rings. The number of hydrogen-bond donors (Lipinski definition) is 1. The molecule has 3 aromatic rings. The molecular weight excluding hydrogens is 360 g/mol. The Morgan fingerprint density at radius 3 is 2.68 bits per heavy atom. The molecule has 0 unspecified atom stereocenters. The van der Waals surface area contributed by atoms with Crippen LogP contribution in [0, 0.1) is 6.92 Å². The van der Waals surface area contributed by atoms with Crippen molar-refractivity contribution in [2.75, 3.05) is 5.32 Å². The van der Waals surface area contributed by atoms with Crippen molar-refractivity contribution in [3.05, 3.63) is 69.0 Å². The van der Waals surface area contributed by atoms with Crippen LogP contribution >= 0.6 is 27.3 Å². The van der Waals surface area contributed by atoms with E-state index in [0.29, 0.717) is 10.6 Å². The predicted octanol–water partition coefficient (Wildman–Crippen LogP) is 5.13. The molecule has 0 atom stereocenters.